The van der Waals surface area contributed by atoms with E-state index in [1.165, 1.54) is 0 Å². The maximum atomic E-state index is 11.4. The summed E-state index contributed by atoms with van der Waals surface area (Å²) in [6, 6.07) is 7.64. The lowest BCUT2D eigenvalue weighted by molar-refractivity contribution is -0.157. The highest BCUT2D eigenvalue weighted by atomic mass is 35.5. The molecule has 1 fully saturated rings. The summed E-state index contributed by atoms with van der Waals surface area (Å²) in [5.41, 5.74) is 0.658. The SMILES string of the molecule is COCOC1(c2ccc(Cl)cc2)CCC(=O)CC1. The van der Waals surface area contributed by atoms with Crippen LogP contribution in [0.1, 0.15) is 31.2 Å². The molecule has 0 atom stereocenters. The number of rotatable bonds is 4. The lowest BCUT2D eigenvalue weighted by Gasteiger charge is -2.37. The Morgan fingerprint density at radius 3 is 2.39 bits per heavy atom. The summed E-state index contributed by atoms with van der Waals surface area (Å²) in [5, 5.41) is 0.701. The number of carbonyl (C=O) groups is 1. The van der Waals surface area contributed by atoms with Gasteiger partial charge in [-0.25, -0.2) is 0 Å². The molecule has 0 saturated heterocycles. The monoisotopic (exact) mass is 268 g/mol. The molecule has 98 valence electrons. The number of ether oxygens (including phenoxy) is 2. The molecule has 1 aromatic carbocycles. The van der Waals surface area contributed by atoms with E-state index in [9.17, 15) is 4.79 Å². The Hall–Kier alpha value is -0.900. The third kappa shape index (κ3) is 2.91. The number of hydrogen-bond donors (Lipinski definition) is 0. The standard InChI is InChI=1S/C14H17ClO3/c1-17-10-18-14(8-6-13(16)7-9-14)11-2-4-12(15)5-3-11/h2-5H,6-10H2,1H3. The molecule has 18 heavy (non-hydrogen) atoms. The van der Waals surface area contributed by atoms with Crippen molar-refractivity contribution in [1.82, 2.24) is 0 Å². The first-order chi connectivity index (χ1) is 8.66. The zero-order valence-electron chi connectivity index (χ0n) is 10.4. The van der Waals surface area contributed by atoms with E-state index in [1.807, 2.05) is 24.3 Å². The summed E-state index contributed by atoms with van der Waals surface area (Å²) < 4.78 is 10.9. The second-order valence-corrected chi connectivity index (χ2v) is 5.03. The van der Waals surface area contributed by atoms with Crippen LogP contribution in [0.5, 0.6) is 0 Å². The quantitative estimate of drug-likeness (QED) is 0.786. The Morgan fingerprint density at radius 2 is 1.83 bits per heavy atom. The predicted octanol–water partition coefficient (Wildman–Crippen LogP) is 3.30. The molecule has 0 aromatic heterocycles. The zero-order chi connectivity index (χ0) is 13.0. The van der Waals surface area contributed by atoms with Crippen LogP contribution in [0, 0.1) is 0 Å². The van der Waals surface area contributed by atoms with E-state index in [4.69, 9.17) is 21.1 Å². The topological polar surface area (TPSA) is 35.5 Å². The van der Waals surface area contributed by atoms with E-state index in [0.717, 1.165) is 5.56 Å². The minimum absolute atomic E-state index is 0.233. The van der Waals surface area contributed by atoms with Crippen molar-refractivity contribution >= 4 is 17.4 Å². The number of hydrogen-bond acceptors (Lipinski definition) is 3. The van der Waals surface area contributed by atoms with Gasteiger partial charge in [0.1, 0.15) is 12.6 Å². The largest absolute Gasteiger partial charge is 0.359 e. The van der Waals surface area contributed by atoms with Crippen LogP contribution in [0.25, 0.3) is 0 Å². The van der Waals surface area contributed by atoms with Gasteiger partial charge in [0.25, 0.3) is 0 Å². The average molecular weight is 269 g/mol. The molecule has 2 rings (SSSR count). The van der Waals surface area contributed by atoms with Crippen molar-refractivity contribution in [1.29, 1.82) is 0 Å². The molecule has 0 bridgehead atoms. The van der Waals surface area contributed by atoms with Gasteiger partial charge >= 0.3 is 0 Å². The Morgan fingerprint density at radius 1 is 1.22 bits per heavy atom. The summed E-state index contributed by atoms with van der Waals surface area (Å²) in [6.45, 7) is 0.233. The fourth-order valence-corrected chi connectivity index (χ4v) is 2.50. The highest BCUT2D eigenvalue weighted by molar-refractivity contribution is 6.30. The van der Waals surface area contributed by atoms with E-state index in [-0.39, 0.29) is 6.79 Å². The van der Waals surface area contributed by atoms with Gasteiger partial charge in [0, 0.05) is 25.0 Å². The maximum Gasteiger partial charge on any atom is 0.147 e. The van der Waals surface area contributed by atoms with Gasteiger partial charge in [0.2, 0.25) is 0 Å². The van der Waals surface area contributed by atoms with Gasteiger partial charge < -0.3 is 9.47 Å². The van der Waals surface area contributed by atoms with E-state index < -0.39 is 5.60 Å². The van der Waals surface area contributed by atoms with Crippen molar-refractivity contribution in [3.05, 3.63) is 34.9 Å². The molecule has 0 aliphatic heterocycles. The van der Waals surface area contributed by atoms with Gasteiger partial charge in [-0.3, -0.25) is 4.79 Å². The summed E-state index contributed by atoms with van der Waals surface area (Å²) in [7, 11) is 1.60. The molecule has 1 aliphatic carbocycles. The number of methoxy groups -OCH3 is 1. The van der Waals surface area contributed by atoms with E-state index in [1.54, 1.807) is 7.11 Å². The van der Waals surface area contributed by atoms with Crippen molar-refractivity contribution in [2.24, 2.45) is 0 Å². The summed E-state index contributed by atoms with van der Waals surface area (Å²) in [6.07, 6.45) is 2.53. The summed E-state index contributed by atoms with van der Waals surface area (Å²) in [4.78, 5) is 11.4. The molecular weight excluding hydrogens is 252 g/mol. The first kappa shape index (κ1) is 13.5. The first-order valence-corrected chi connectivity index (χ1v) is 6.45. The molecule has 1 aliphatic rings. The molecule has 1 saturated carbocycles. The van der Waals surface area contributed by atoms with Crippen molar-refractivity contribution in [3.63, 3.8) is 0 Å². The van der Waals surface area contributed by atoms with Crippen LogP contribution in [0.3, 0.4) is 0 Å². The molecule has 0 heterocycles. The lowest BCUT2D eigenvalue weighted by atomic mass is 9.79. The van der Waals surface area contributed by atoms with Crippen molar-refractivity contribution < 1.29 is 14.3 Å². The van der Waals surface area contributed by atoms with E-state index in [2.05, 4.69) is 0 Å². The average Bonchev–Trinajstić information content (AvgIpc) is 2.40. The number of halogens is 1. The van der Waals surface area contributed by atoms with Crippen LogP contribution < -0.4 is 0 Å². The Labute approximate surface area is 112 Å². The zero-order valence-corrected chi connectivity index (χ0v) is 11.2. The van der Waals surface area contributed by atoms with Crippen LogP contribution in [-0.2, 0) is 19.9 Å². The highest BCUT2D eigenvalue weighted by Gasteiger charge is 2.37. The number of benzene rings is 1. The Balaban J connectivity index is 2.23. The molecule has 0 unspecified atom stereocenters. The second kappa shape index (κ2) is 5.83. The summed E-state index contributed by atoms with van der Waals surface area (Å²) >= 11 is 5.90. The Bertz CT molecular complexity index is 404. The van der Waals surface area contributed by atoms with Crippen molar-refractivity contribution in [2.45, 2.75) is 31.3 Å². The molecule has 0 N–H and O–H groups in total. The number of carbonyl (C=O) groups excluding carboxylic acids is 1. The Kier molecular flexibility index (Phi) is 4.38. The molecular formula is C14H17ClO3. The fourth-order valence-electron chi connectivity index (χ4n) is 2.37. The molecule has 1 aromatic rings. The molecule has 0 radical (unpaired) electrons. The maximum absolute atomic E-state index is 11.4. The first-order valence-electron chi connectivity index (χ1n) is 6.07. The minimum Gasteiger partial charge on any atom is -0.359 e. The van der Waals surface area contributed by atoms with Gasteiger partial charge in [-0.2, -0.15) is 0 Å². The predicted molar refractivity (Wildman–Crippen MR) is 69.6 cm³/mol. The molecule has 4 heteroatoms. The number of ketones is 1. The summed E-state index contributed by atoms with van der Waals surface area (Å²) in [5.74, 6) is 0.306. The van der Waals surface area contributed by atoms with E-state index in [0.29, 0.717) is 36.5 Å². The molecule has 0 amide bonds. The van der Waals surface area contributed by atoms with Gasteiger partial charge in [-0.15, -0.1) is 0 Å². The van der Waals surface area contributed by atoms with Crippen molar-refractivity contribution in [2.75, 3.05) is 13.9 Å². The van der Waals surface area contributed by atoms with Crippen LogP contribution >= 0.6 is 11.6 Å². The van der Waals surface area contributed by atoms with Crippen LogP contribution in [0.2, 0.25) is 5.02 Å². The van der Waals surface area contributed by atoms with Crippen LogP contribution in [0.4, 0.5) is 0 Å². The smallest absolute Gasteiger partial charge is 0.147 e. The van der Waals surface area contributed by atoms with Crippen molar-refractivity contribution in [3.8, 4) is 0 Å². The number of Topliss-reactive ketones (excluding diaryl/α,β-unsaturated/α-hetero) is 1. The van der Waals surface area contributed by atoms with Gasteiger partial charge in [0.15, 0.2) is 0 Å². The van der Waals surface area contributed by atoms with Crippen LogP contribution in [-0.4, -0.2) is 19.7 Å². The normalized spacial score (nSPS) is 18.9. The van der Waals surface area contributed by atoms with Gasteiger partial charge in [-0.1, -0.05) is 23.7 Å². The lowest BCUT2D eigenvalue weighted by Crippen LogP contribution is -2.35. The molecule has 0 spiro atoms. The van der Waals surface area contributed by atoms with E-state index >= 15 is 0 Å². The minimum atomic E-state index is -0.408. The van der Waals surface area contributed by atoms with Crippen LogP contribution in [0.15, 0.2) is 24.3 Å². The molecule has 3 nitrogen and oxygen atoms in total. The third-order valence-corrected chi connectivity index (χ3v) is 3.69. The second-order valence-electron chi connectivity index (χ2n) is 4.59. The third-order valence-electron chi connectivity index (χ3n) is 3.44. The van der Waals surface area contributed by atoms with Gasteiger partial charge in [0.05, 0.1) is 5.60 Å². The fraction of sp³-hybridized carbons (Fsp3) is 0.500. The van der Waals surface area contributed by atoms with Gasteiger partial charge in [-0.05, 0) is 30.5 Å². The highest BCUT2D eigenvalue weighted by Crippen LogP contribution is 2.39.